The molecule has 0 atom stereocenters. The van der Waals surface area contributed by atoms with E-state index in [4.69, 9.17) is 15.3 Å². The number of nitrogens with zero attached hydrogens (tertiary/aromatic N) is 2. The van der Waals surface area contributed by atoms with Crippen LogP contribution in [0.15, 0.2) is 24.3 Å². The van der Waals surface area contributed by atoms with Gasteiger partial charge in [0.25, 0.3) is 0 Å². The van der Waals surface area contributed by atoms with Crippen LogP contribution < -0.4 is 10.6 Å². The zero-order chi connectivity index (χ0) is 16.9. The van der Waals surface area contributed by atoms with E-state index in [1.54, 1.807) is 59.1 Å². The number of carbonyl (C=O) groups excluding carboxylic acids is 2. The fourth-order valence-electron chi connectivity index (χ4n) is 1.44. The van der Waals surface area contributed by atoms with Crippen LogP contribution in [0.3, 0.4) is 0 Å². The number of hydrogen-bond donors (Lipinski definition) is 1. The highest BCUT2D eigenvalue weighted by Crippen LogP contribution is 2.15. The van der Waals surface area contributed by atoms with Gasteiger partial charge in [-0.25, -0.2) is 20.4 Å². The van der Waals surface area contributed by atoms with E-state index in [9.17, 15) is 9.59 Å². The molecule has 0 spiro atoms. The Labute approximate surface area is 130 Å². The van der Waals surface area contributed by atoms with Crippen molar-refractivity contribution >= 4 is 12.2 Å². The van der Waals surface area contributed by atoms with Crippen LogP contribution in [0.4, 0.5) is 9.59 Å². The molecule has 0 unspecified atom stereocenters. The molecular weight excluding hydrogens is 286 g/mol. The minimum absolute atomic E-state index is 0.191. The molecule has 2 N–H and O–H groups in total. The number of amides is 2. The number of benzene rings is 1. The zero-order valence-corrected chi connectivity index (χ0v) is 13.6. The summed E-state index contributed by atoms with van der Waals surface area (Å²) < 4.78 is 10.3. The molecule has 0 aliphatic rings. The first kappa shape index (κ1) is 17.8. The van der Waals surface area contributed by atoms with Crippen molar-refractivity contribution in [3.05, 3.63) is 29.8 Å². The first-order chi connectivity index (χ1) is 10.1. The molecule has 0 aromatic heterocycles. The molecule has 0 aliphatic heterocycles. The van der Waals surface area contributed by atoms with Crippen molar-refractivity contribution in [2.75, 3.05) is 14.1 Å². The van der Waals surface area contributed by atoms with E-state index in [-0.39, 0.29) is 6.54 Å². The molecule has 0 saturated carbocycles. The van der Waals surface area contributed by atoms with E-state index in [2.05, 4.69) is 0 Å². The molecule has 1 aromatic rings. The summed E-state index contributed by atoms with van der Waals surface area (Å²) >= 11 is 0. The van der Waals surface area contributed by atoms with Gasteiger partial charge < -0.3 is 14.4 Å². The highest BCUT2D eigenvalue weighted by Gasteiger charge is 2.20. The maximum Gasteiger partial charge on any atom is 0.424 e. The Morgan fingerprint density at radius 3 is 2.09 bits per heavy atom. The summed E-state index contributed by atoms with van der Waals surface area (Å²) in [6.45, 7) is 5.50. The van der Waals surface area contributed by atoms with Gasteiger partial charge in [-0.2, -0.15) is 0 Å². The van der Waals surface area contributed by atoms with Crippen molar-refractivity contribution in [3.8, 4) is 5.75 Å². The molecule has 0 radical (unpaired) electrons. The predicted molar refractivity (Wildman–Crippen MR) is 82.1 cm³/mol. The van der Waals surface area contributed by atoms with Crippen molar-refractivity contribution < 1.29 is 19.1 Å². The van der Waals surface area contributed by atoms with Crippen LogP contribution >= 0.6 is 0 Å². The van der Waals surface area contributed by atoms with Gasteiger partial charge >= 0.3 is 12.2 Å². The number of hydrogen-bond acceptors (Lipinski definition) is 5. The average molecular weight is 309 g/mol. The van der Waals surface area contributed by atoms with Gasteiger partial charge in [-0.15, -0.1) is 0 Å². The smallest absolute Gasteiger partial charge is 0.424 e. The number of rotatable bonds is 3. The molecule has 7 heteroatoms. The molecule has 1 aromatic carbocycles. The lowest BCUT2D eigenvalue weighted by atomic mass is 10.2. The minimum Gasteiger partial charge on any atom is -0.443 e. The van der Waals surface area contributed by atoms with Gasteiger partial charge in [0, 0.05) is 14.1 Å². The minimum atomic E-state index is -0.601. The van der Waals surface area contributed by atoms with Crippen molar-refractivity contribution in [1.82, 2.24) is 9.91 Å². The SMILES string of the molecule is CN(C)C(=O)Oc1ccc(CN(N)C(=O)OC(C)(C)C)cc1. The highest BCUT2D eigenvalue weighted by atomic mass is 16.6. The van der Waals surface area contributed by atoms with Gasteiger partial charge in [0.1, 0.15) is 11.4 Å². The van der Waals surface area contributed by atoms with Gasteiger partial charge in [-0.05, 0) is 38.5 Å². The lowest BCUT2D eigenvalue weighted by Crippen LogP contribution is -2.40. The average Bonchev–Trinajstić information content (AvgIpc) is 2.38. The van der Waals surface area contributed by atoms with Gasteiger partial charge in [-0.1, -0.05) is 12.1 Å². The molecule has 0 bridgehead atoms. The molecule has 1 rings (SSSR count). The Morgan fingerprint density at radius 1 is 1.09 bits per heavy atom. The Bertz CT molecular complexity index is 521. The van der Waals surface area contributed by atoms with Gasteiger partial charge in [-0.3, -0.25) is 0 Å². The molecule has 7 nitrogen and oxygen atoms in total. The van der Waals surface area contributed by atoms with Crippen LogP contribution in [0.5, 0.6) is 5.75 Å². The molecule has 2 amide bonds. The molecule has 0 aliphatic carbocycles. The monoisotopic (exact) mass is 309 g/mol. The fourth-order valence-corrected chi connectivity index (χ4v) is 1.44. The quantitative estimate of drug-likeness (QED) is 0.526. The normalized spacial score (nSPS) is 10.8. The van der Waals surface area contributed by atoms with E-state index in [1.165, 1.54) is 4.90 Å². The summed E-state index contributed by atoms with van der Waals surface area (Å²) in [5.41, 5.74) is 0.192. The third-order valence-corrected chi connectivity index (χ3v) is 2.47. The molecule has 122 valence electrons. The Balaban J connectivity index is 2.60. The maximum absolute atomic E-state index is 11.8. The summed E-state index contributed by atoms with van der Waals surface area (Å²) in [7, 11) is 3.20. The fraction of sp³-hybridized carbons (Fsp3) is 0.467. The van der Waals surface area contributed by atoms with Crippen LogP contribution in [0.1, 0.15) is 26.3 Å². The summed E-state index contributed by atoms with van der Waals surface area (Å²) in [6.07, 6.45) is -1.06. The van der Waals surface area contributed by atoms with Crippen LogP contribution in [-0.4, -0.2) is 41.8 Å². The highest BCUT2D eigenvalue weighted by molar-refractivity contribution is 5.70. The summed E-state index contributed by atoms with van der Waals surface area (Å²) in [5, 5.41) is 0.992. The molecule has 0 saturated heterocycles. The largest absolute Gasteiger partial charge is 0.443 e. The van der Waals surface area contributed by atoms with Gasteiger partial charge in [0.15, 0.2) is 0 Å². The van der Waals surface area contributed by atoms with Gasteiger partial charge in [0.2, 0.25) is 0 Å². The zero-order valence-electron chi connectivity index (χ0n) is 13.6. The Kier molecular flexibility index (Phi) is 5.76. The summed E-state index contributed by atoms with van der Waals surface area (Å²) in [6, 6.07) is 6.73. The van der Waals surface area contributed by atoms with Crippen molar-refractivity contribution in [2.24, 2.45) is 5.84 Å². The van der Waals surface area contributed by atoms with Crippen LogP contribution in [0.2, 0.25) is 0 Å². The lowest BCUT2D eigenvalue weighted by Gasteiger charge is -2.24. The van der Waals surface area contributed by atoms with Gasteiger partial charge in [0.05, 0.1) is 6.54 Å². The molecule has 0 heterocycles. The Hall–Kier alpha value is -2.28. The van der Waals surface area contributed by atoms with E-state index in [0.29, 0.717) is 5.75 Å². The van der Waals surface area contributed by atoms with Crippen LogP contribution in [0.25, 0.3) is 0 Å². The molecule has 0 fully saturated rings. The topological polar surface area (TPSA) is 85.1 Å². The maximum atomic E-state index is 11.8. The summed E-state index contributed by atoms with van der Waals surface area (Å²) in [5.74, 6) is 6.10. The Morgan fingerprint density at radius 2 is 1.64 bits per heavy atom. The number of ether oxygens (including phenoxy) is 2. The van der Waals surface area contributed by atoms with E-state index in [1.807, 2.05) is 0 Å². The van der Waals surface area contributed by atoms with Crippen LogP contribution in [-0.2, 0) is 11.3 Å². The second-order valence-corrected chi connectivity index (χ2v) is 6.01. The number of hydrazine groups is 1. The van der Waals surface area contributed by atoms with Crippen molar-refractivity contribution in [2.45, 2.75) is 32.9 Å². The molecule has 22 heavy (non-hydrogen) atoms. The van der Waals surface area contributed by atoms with Crippen molar-refractivity contribution in [3.63, 3.8) is 0 Å². The lowest BCUT2D eigenvalue weighted by molar-refractivity contribution is 0.0231. The van der Waals surface area contributed by atoms with E-state index in [0.717, 1.165) is 10.6 Å². The predicted octanol–water partition coefficient (Wildman–Crippen LogP) is 2.36. The van der Waals surface area contributed by atoms with E-state index < -0.39 is 17.8 Å². The number of carbonyl (C=O) groups is 2. The third kappa shape index (κ3) is 6.01. The second-order valence-electron chi connectivity index (χ2n) is 6.01. The van der Waals surface area contributed by atoms with Crippen LogP contribution in [0, 0.1) is 0 Å². The third-order valence-electron chi connectivity index (χ3n) is 2.47. The first-order valence-electron chi connectivity index (χ1n) is 6.82. The first-order valence-corrected chi connectivity index (χ1v) is 6.82. The van der Waals surface area contributed by atoms with Crippen molar-refractivity contribution in [1.29, 1.82) is 0 Å². The second kappa shape index (κ2) is 7.13. The number of nitrogens with two attached hydrogens (primary N) is 1. The standard InChI is InChI=1S/C15H23N3O4/c1-15(2,3)22-14(20)18(16)10-11-6-8-12(9-7-11)21-13(19)17(4)5/h6-9H,10,16H2,1-5H3. The summed E-state index contributed by atoms with van der Waals surface area (Å²) in [4.78, 5) is 24.5. The van der Waals surface area contributed by atoms with E-state index >= 15 is 0 Å². The molecular formula is C15H23N3O4.